The van der Waals surface area contributed by atoms with Crippen LogP contribution >= 0.6 is 0 Å². The molecule has 0 saturated carbocycles. The van der Waals surface area contributed by atoms with Crippen molar-refractivity contribution in [1.82, 2.24) is 5.32 Å². The Bertz CT molecular complexity index is 627. The number of aryl methyl sites for hydroxylation is 2. The molecule has 1 aliphatic heterocycles. The van der Waals surface area contributed by atoms with Crippen LogP contribution < -0.4 is 10.2 Å². The second-order valence-electron chi connectivity index (χ2n) is 6.82. The van der Waals surface area contributed by atoms with Gasteiger partial charge in [0.15, 0.2) is 0 Å². The van der Waals surface area contributed by atoms with Crippen molar-refractivity contribution in [2.75, 3.05) is 31.7 Å². The first kappa shape index (κ1) is 18.4. The third kappa shape index (κ3) is 4.33. The first-order valence-corrected chi connectivity index (χ1v) is 8.10. The Hall–Kier alpha value is -1.92. The van der Waals surface area contributed by atoms with E-state index < -0.39 is 11.5 Å². The lowest BCUT2D eigenvalue weighted by molar-refractivity contribution is -0.127. The normalized spacial score (nSPS) is 20.1. The zero-order valence-corrected chi connectivity index (χ0v) is 14.8. The molecular formula is C18H26N2O4. The summed E-state index contributed by atoms with van der Waals surface area (Å²) in [6, 6.07) is 5.86. The molecule has 0 unspecified atom stereocenters. The number of carbonyl (C=O) groups excluding carboxylic acids is 2. The third-order valence-electron chi connectivity index (χ3n) is 4.40. The Morgan fingerprint density at radius 3 is 2.75 bits per heavy atom. The Balaban J connectivity index is 1.98. The quantitative estimate of drug-likeness (QED) is 0.818. The van der Waals surface area contributed by atoms with Crippen LogP contribution in [0.1, 0.15) is 24.5 Å². The molecule has 1 fully saturated rings. The van der Waals surface area contributed by atoms with E-state index in [1.165, 1.54) is 12.7 Å². The van der Waals surface area contributed by atoms with Gasteiger partial charge in [-0.3, -0.25) is 9.59 Å². The summed E-state index contributed by atoms with van der Waals surface area (Å²) in [5.74, 6) is -0.675. The molecule has 6 heteroatoms. The average Bonchev–Trinajstić information content (AvgIpc) is 2.90. The standard InChI is InChI=1S/C18H26N2O4/c1-12-5-6-15(7-13(12)2)20-9-14(8-16(20)21)17(22)19-10-18(3,23)11-24-4/h5-7,14,23H,8-11H2,1-4H3,(H,19,22)/t14-,18-/m0/s1. The number of hydrogen-bond acceptors (Lipinski definition) is 4. The van der Waals surface area contributed by atoms with E-state index in [1.54, 1.807) is 11.8 Å². The first-order chi connectivity index (χ1) is 11.2. The summed E-state index contributed by atoms with van der Waals surface area (Å²) in [4.78, 5) is 26.2. The van der Waals surface area contributed by atoms with Crippen molar-refractivity contribution in [1.29, 1.82) is 0 Å². The second kappa shape index (κ2) is 7.32. The number of amides is 2. The predicted molar refractivity (Wildman–Crippen MR) is 91.9 cm³/mol. The molecule has 6 nitrogen and oxygen atoms in total. The third-order valence-corrected chi connectivity index (χ3v) is 4.40. The van der Waals surface area contributed by atoms with Gasteiger partial charge in [-0.05, 0) is 44.0 Å². The summed E-state index contributed by atoms with van der Waals surface area (Å²) in [5, 5.41) is 12.7. The Morgan fingerprint density at radius 2 is 2.12 bits per heavy atom. The number of hydrogen-bond donors (Lipinski definition) is 2. The van der Waals surface area contributed by atoms with E-state index in [9.17, 15) is 14.7 Å². The highest BCUT2D eigenvalue weighted by atomic mass is 16.5. The van der Waals surface area contributed by atoms with Crippen LogP contribution in [0.15, 0.2) is 18.2 Å². The molecule has 0 bridgehead atoms. The zero-order valence-electron chi connectivity index (χ0n) is 14.8. The molecule has 0 aliphatic carbocycles. The number of nitrogens with zero attached hydrogens (tertiary/aromatic N) is 1. The molecule has 2 N–H and O–H groups in total. The van der Waals surface area contributed by atoms with Gasteiger partial charge >= 0.3 is 0 Å². The van der Waals surface area contributed by atoms with E-state index >= 15 is 0 Å². The lowest BCUT2D eigenvalue weighted by atomic mass is 10.1. The van der Waals surface area contributed by atoms with Crippen molar-refractivity contribution < 1.29 is 19.4 Å². The van der Waals surface area contributed by atoms with Crippen LogP contribution in [-0.2, 0) is 14.3 Å². The largest absolute Gasteiger partial charge is 0.386 e. The minimum Gasteiger partial charge on any atom is -0.386 e. The Kier molecular flexibility index (Phi) is 5.62. The second-order valence-corrected chi connectivity index (χ2v) is 6.82. The van der Waals surface area contributed by atoms with E-state index in [2.05, 4.69) is 5.32 Å². The fraction of sp³-hybridized carbons (Fsp3) is 0.556. The SMILES string of the molecule is COC[C@@](C)(O)CNC(=O)[C@H]1CC(=O)N(c2ccc(C)c(C)c2)C1. The van der Waals surface area contributed by atoms with Gasteiger partial charge in [0.05, 0.1) is 12.5 Å². The molecule has 1 saturated heterocycles. The van der Waals surface area contributed by atoms with Gasteiger partial charge in [0.1, 0.15) is 5.60 Å². The molecule has 1 aromatic carbocycles. The summed E-state index contributed by atoms with van der Waals surface area (Å²) >= 11 is 0. The highest BCUT2D eigenvalue weighted by Gasteiger charge is 2.35. The molecule has 2 amide bonds. The summed E-state index contributed by atoms with van der Waals surface area (Å²) in [6.45, 7) is 6.20. The van der Waals surface area contributed by atoms with Gasteiger partial charge in [-0.15, -0.1) is 0 Å². The minimum atomic E-state index is -1.12. The van der Waals surface area contributed by atoms with Gasteiger partial charge in [0.2, 0.25) is 11.8 Å². The van der Waals surface area contributed by atoms with Gasteiger partial charge in [0, 0.05) is 32.3 Å². The summed E-state index contributed by atoms with van der Waals surface area (Å²) < 4.78 is 4.91. The van der Waals surface area contributed by atoms with Crippen LogP contribution in [0.3, 0.4) is 0 Å². The molecule has 0 spiro atoms. The minimum absolute atomic E-state index is 0.0537. The molecule has 24 heavy (non-hydrogen) atoms. The van der Waals surface area contributed by atoms with E-state index in [0.717, 1.165) is 11.3 Å². The van der Waals surface area contributed by atoms with Gasteiger partial charge in [0.25, 0.3) is 0 Å². The number of rotatable bonds is 6. The molecule has 1 heterocycles. The van der Waals surface area contributed by atoms with E-state index in [1.807, 2.05) is 32.0 Å². The number of ether oxygens (including phenoxy) is 1. The number of anilines is 1. The maximum atomic E-state index is 12.3. The van der Waals surface area contributed by atoms with Crippen molar-refractivity contribution in [2.45, 2.75) is 32.8 Å². The summed E-state index contributed by atoms with van der Waals surface area (Å²) in [6.07, 6.45) is 0.186. The van der Waals surface area contributed by atoms with Crippen molar-refractivity contribution in [3.63, 3.8) is 0 Å². The number of aliphatic hydroxyl groups is 1. The number of benzene rings is 1. The number of carbonyl (C=O) groups is 2. The first-order valence-electron chi connectivity index (χ1n) is 8.10. The zero-order chi connectivity index (χ0) is 17.9. The summed E-state index contributed by atoms with van der Waals surface area (Å²) in [7, 11) is 1.49. The van der Waals surface area contributed by atoms with Crippen LogP contribution in [0.4, 0.5) is 5.69 Å². The Labute approximate surface area is 142 Å². The molecule has 1 aromatic rings. The smallest absolute Gasteiger partial charge is 0.227 e. The van der Waals surface area contributed by atoms with Crippen LogP contribution in [0.25, 0.3) is 0 Å². The number of methoxy groups -OCH3 is 1. The van der Waals surface area contributed by atoms with E-state index in [-0.39, 0.29) is 31.4 Å². The van der Waals surface area contributed by atoms with Crippen LogP contribution in [0.5, 0.6) is 0 Å². The highest BCUT2D eigenvalue weighted by Crippen LogP contribution is 2.27. The fourth-order valence-corrected chi connectivity index (χ4v) is 2.81. The molecule has 0 aromatic heterocycles. The van der Waals surface area contributed by atoms with Crippen LogP contribution in [0, 0.1) is 19.8 Å². The van der Waals surface area contributed by atoms with E-state index in [0.29, 0.717) is 6.54 Å². The molecule has 2 rings (SSSR count). The van der Waals surface area contributed by atoms with E-state index in [4.69, 9.17) is 4.74 Å². The highest BCUT2D eigenvalue weighted by molar-refractivity contribution is 6.00. The molecule has 132 valence electrons. The number of nitrogens with one attached hydrogen (secondary N) is 1. The topological polar surface area (TPSA) is 78.9 Å². The average molecular weight is 334 g/mol. The lowest BCUT2D eigenvalue weighted by Gasteiger charge is -2.23. The van der Waals surface area contributed by atoms with Gasteiger partial charge < -0.3 is 20.1 Å². The van der Waals surface area contributed by atoms with Crippen molar-refractivity contribution in [3.05, 3.63) is 29.3 Å². The van der Waals surface area contributed by atoms with Gasteiger partial charge in [-0.2, -0.15) is 0 Å². The lowest BCUT2D eigenvalue weighted by Crippen LogP contribution is -2.45. The van der Waals surface area contributed by atoms with Crippen molar-refractivity contribution >= 4 is 17.5 Å². The van der Waals surface area contributed by atoms with Crippen LogP contribution in [-0.4, -0.2) is 49.3 Å². The molecule has 0 radical (unpaired) electrons. The maximum absolute atomic E-state index is 12.3. The van der Waals surface area contributed by atoms with Crippen LogP contribution in [0.2, 0.25) is 0 Å². The van der Waals surface area contributed by atoms with Gasteiger partial charge in [-0.1, -0.05) is 6.07 Å². The van der Waals surface area contributed by atoms with Crippen molar-refractivity contribution in [3.8, 4) is 0 Å². The summed E-state index contributed by atoms with van der Waals surface area (Å²) in [5.41, 5.74) is 1.98. The molecule has 2 atom stereocenters. The molecule has 1 aliphatic rings. The Morgan fingerprint density at radius 1 is 1.42 bits per heavy atom. The van der Waals surface area contributed by atoms with Gasteiger partial charge in [-0.25, -0.2) is 0 Å². The van der Waals surface area contributed by atoms with Crippen molar-refractivity contribution in [2.24, 2.45) is 5.92 Å². The monoisotopic (exact) mass is 334 g/mol. The predicted octanol–water partition coefficient (Wildman–Crippen LogP) is 1.17. The maximum Gasteiger partial charge on any atom is 0.227 e. The molecular weight excluding hydrogens is 308 g/mol. The fourth-order valence-electron chi connectivity index (χ4n) is 2.81.